The second-order valence-electron chi connectivity index (χ2n) is 6.13. The van der Waals surface area contributed by atoms with Crippen molar-refractivity contribution in [2.45, 2.75) is 44.4 Å². The number of thiophene rings is 1. The van der Waals surface area contributed by atoms with Crippen LogP contribution in [0.5, 0.6) is 0 Å². The number of aryl methyl sites for hydroxylation is 2. The molecule has 1 amide bonds. The summed E-state index contributed by atoms with van der Waals surface area (Å²) in [4.78, 5) is 31.8. The summed E-state index contributed by atoms with van der Waals surface area (Å²) in [6.45, 7) is 2.84. The lowest BCUT2D eigenvalue weighted by Crippen LogP contribution is -2.26. The highest BCUT2D eigenvalue weighted by Crippen LogP contribution is 2.35. The molecular formula is C18H19N3O3S2. The predicted molar refractivity (Wildman–Crippen MR) is 103 cm³/mol. The molecule has 4 rings (SSSR count). The monoisotopic (exact) mass is 389 g/mol. The standard InChI is InChI=1S/C18H19N3O3S2/c1-2-21-17(23)15-12-6-3-7-13(12)26-16(15)20-18(21)25-10-14(22)19-9-11-5-4-8-24-11/h4-5,8H,2-3,6-7,9-10H2,1H3,(H,19,22). The number of hydrogen-bond acceptors (Lipinski definition) is 6. The number of fused-ring (bicyclic) bond motifs is 3. The predicted octanol–water partition coefficient (Wildman–Crippen LogP) is 2.97. The Balaban J connectivity index is 1.52. The van der Waals surface area contributed by atoms with Gasteiger partial charge in [-0.05, 0) is 43.9 Å². The Bertz CT molecular complexity index is 1010. The quantitative estimate of drug-likeness (QED) is 0.518. The summed E-state index contributed by atoms with van der Waals surface area (Å²) in [5.41, 5.74) is 1.22. The van der Waals surface area contributed by atoms with E-state index in [4.69, 9.17) is 9.40 Å². The normalized spacial score (nSPS) is 13.3. The van der Waals surface area contributed by atoms with Gasteiger partial charge in [-0.3, -0.25) is 14.2 Å². The summed E-state index contributed by atoms with van der Waals surface area (Å²) in [5, 5.41) is 4.21. The molecule has 1 aliphatic rings. The van der Waals surface area contributed by atoms with E-state index in [0.29, 0.717) is 24.0 Å². The van der Waals surface area contributed by atoms with Gasteiger partial charge in [-0.1, -0.05) is 11.8 Å². The summed E-state index contributed by atoms with van der Waals surface area (Å²) in [5.74, 6) is 0.808. The molecule has 0 saturated carbocycles. The molecule has 136 valence electrons. The van der Waals surface area contributed by atoms with E-state index in [1.807, 2.05) is 13.0 Å². The molecule has 26 heavy (non-hydrogen) atoms. The van der Waals surface area contributed by atoms with Gasteiger partial charge in [-0.25, -0.2) is 4.98 Å². The van der Waals surface area contributed by atoms with E-state index < -0.39 is 0 Å². The van der Waals surface area contributed by atoms with Crippen LogP contribution in [-0.2, 0) is 30.7 Å². The van der Waals surface area contributed by atoms with Crippen LogP contribution in [0.4, 0.5) is 0 Å². The molecule has 0 saturated heterocycles. The van der Waals surface area contributed by atoms with E-state index in [-0.39, 0.29) is 17.2 Å². The number of rotatable bonds is 6. The molecule has 0 fully saturated rings. The van der Waals surface area contributed by atoms with E-state index in [0.717, 1.165) is 29.5 Å². The molecular weight excluding hydrogens is 370 g/mol. The fourth-order valence-corrected chi connectivity index (χ4v) is 5.42. The minimum atomic E-state index is -0.114. The van der Waals surface area contributed by atoms with Crippen LogP contribution in [0.3, 0.4) is 0 Å². The van der Waals surface area contributed by atoms with Crippen LogP contribution in [0.25, 0.3) is 10.2 Å². The highest BCUT2D eigenvalue weighted by molar-refractivity contribution is 7.99. The molecule has 0 aromatic carbocycles. The van der Waals surface area contributed by atoms with Gasteiger partial charge >= 0.3 is 0 Å². The number of furan rings is 1. The average Bonchev–Trinajstić information content (AvgIpc) is 3.34. The van der Waals surface area contributed by atoms with Crippen molar-refractivity contribution < 1.29 is 9.21 Å². The molecule has 0 atom stereocenters. The number of nitrogens with one attached hydrogen (secondary N) is 1. The third kappa shape index (κ3) is 3.19. The molecule has 3 aromatic rings. The molecule has 1 N–H and O–H groups in total. The molecule has 0 aliphatic heterocycles. The summed E-state index contributed by atoms with van der Waals surface area (Å²) >= 11 is 2.93. The first-order valence-electron chi connectivity index (χ1n) is 8.64. The maximum absolute atomic E-state index is 12.9. The van der Waals surface area contributed by atoms with Crippen molar-refractivity contribution in [2.24, 2.45) is 0 Å². The topological polar surface area (TPSA) is 77.1 Å². The van der Waals surface area contributed by atoms with Crippen molar-refractivity contribution in [1.29, 1.82) is 0 Å². The van der Waals surface area contributed by atoms with Crippen LogP contribution in [0.15, 0.2) is 32.8 Å². The number of hydrogen-bond donors (Lipinski definition) is 1. The second kappa shape index (κ2) is 7.28. The highest BCUT2D eigenvalue weighted by atomic mass is 32.2. The Labute approximate surface area is 158 Å². The molecule has 8 heteroatoms. The zero-order valence-electron chi connectivity index (χ0n) is 14.4. The first kappa shape index (κ1) is 17.4. The van der Waals surface area contributed by atoms with Gasteiger partial charge in [0.05, 0.1) is 23.9 Å². The van der Waals surface area contributed by atoms with Gasteiger partial charge in [0.25, 0.3) is 5.56 Å². The molecule has 6 nitrogen and oxygen atoms in total. The van der Waals surface area contributed by atoms with Crippen molar-refractivity contribution in [1.82, 2.24) is 14.9 Å². The van der Waals surface area contributed by atoms with Crippen LogP contribution in [0.1, 0.15) is 29.5 Å². The van der Waals surface area contributed by atoms with Gasteiger partial charge in [-0.2, -0.15) is 0 Å². The molecule has 0 spiro atoms. The minimum Gasteiger partial charge on any atom is -0.467 e. The average molecular weight is 390 g/mol. The third-order valence-electron chi connectivity index (χ3n) is 4.48. The Morgan fingerprint density at radius 2 is 2.35 bits per heavy atom. The molecule has 0 unspecified atom stereocenters. The lowest BCUT2D eigenvalue weighted by Gasteiger charge is -2.10. The van der Waals surface area contributed by atoms with E-state index in [9.17, 15) is 9.59 Å². The zero-order valence-corrected chi connectivity index (χ0v) is 16.0. The SMILES string of the molecule is CCn1c(SCC(=O)NCc2ccco2)nc2sc3c(c2c1=O)CCC3. The molecule has 1 aliphatic carbocycles. The molecule has 3 aromatic heterocycles. The van der Waals surface area contributed by atoms with Crippen molar-refractivity contribution >= 4 is 39.2 Å². The second-order valence-corrected chi connectivity index (χ2v) is 8.15. The fraction of sp³-hybridized carbons (Fsp3) is 0.389. The van der Waals surface area contributed by atoms with Gasteiger partial charge in [0.1, 0.15) is 10.6 Å². The minimum absolute atomic E-state index is 0.0235. The third-order valence-corrected chi connectivity index (χ3v) is 6.64. The van der Waals surface area contributed by atoms with E-state index in [2.05, 4.69) is 5.32 Å². The Morgan fingerprint density at radius 3 is 3.12 bits per heavy atom. The van der Waals surface area contributed by atoms with Crippen molar-refractivity contribution in [3.8, 4) is 0 Å². The van der Waals surface area contributed by atoms with E-state index >= 15 is 0 Å². The van der Waals surface area contributed by atoms with Gasteiger partial charge in [0, 0.05) is 11.4 Å². The zero-order chi connectivity index (χ0) is 18.1. The summed E-state index contributed by atoms with van der Waals surface area (Å²) in [7, 11) is 0. The van der Waals surface area contributed by atoms with Gasteiger partial charge in [-0.15, -0.1) is 11.3 Å². The Morgan fingerprint density at radius 1 is 1.46 bits per heavy atom. The fourth-order valence-electron chi connectivity index (χ4n) is 3.23. The number of aromatic nitrogens is 2. The van der Waals surface area contributed by atoms with Crippen molar-refractivity contribution in [3.05, 3.63) is 45.0 Å². The van der Waals surface area contributed by atoms with E-state index in [1.165, 1.54) is 22.2 Å². The first-order chi connectivity index (χ1) is 12.7. The first-order valence-corrected chi connectivity index (χ1v) is 10.4. The van der Waals surface area contributed by atoms with Gasteiger partial charge in [0.15, 0.2) is 5.16 Å². The number of thioether (sulfide) groups is 1. The maximum atomic E-state index is 12.9. The van der Waals surface area contributed by atoms with Gasteiger partial charge in [0.2, 0.25) is 5.91 Å². The largest absolute Gasteiger partial charge is 0.467 e. The number of nitrogens with zero attached hydrogens (tertiary/aromatic N) is 2. The summed E-state index contributed by atoms with van der Waals surface area (Å²) in [6.07, 6.45) is 4.71. The lowest BCUT2D eigenvalue weighted by atomic mass is 10.2. The lowest BCUT2D eigenvalue weighted by molar-refractivity contribution is -0.118. The van der Waals surface area contributed by atoms with Crippen LogP contribution in [-0.4, -0.2) is 21.2 Å². The number of carbonyl (C=O) groups excluding carboxylic acids is 1. The van der Waals surface area contributed by atoms with Crippen molar-refractivity contribution in [2.75, 3.05) is 5.75 Å². The van der Waals surface area contributed by atoms with Crippen LogP contribution < -0.4 is 10.9 Å². The number of amides is 1. The summed E-state index contributed by atoms with van der Waals surface area (Å²) in [6, 6.07) is 3.60. The smallest absolute Gasteiger partial charge is 0.263 e. The molecule has 0 radical (unpaired) electrons. The Hall–Kier alpha value is -2.06. The molecule has 0 bridgehead atoms. The molecule has 3 heterocycles. The summed E-state index contributed by atoms with van der Waals surface area (Å²) < 4.78 is 6.88. The van der Waals surface area contributed by atoms with Crippen LogP contribution in [0.2, 0.25) is 0 Å². The Kier molecular flexibility index (Phi) is 4.86. The van der Waals surface area contributed by atoms with Crippen molar-refractivity contribution in [3.63, 3.8) is 0 Å². The van der Waals surface area contributed by atoms with E-state index in [1.54, 1.807) is 28.2 Å². The maximum Gasteiger partial charge on any atom is 0.263 e. The van der Waals surface area contributed by atoms with Crippen LogP contribution in [0, 0.1) is 0 Å². The highest BCUT2D eigenvalue weighted by Gasteiger charge is 2.23. The van der Waals surface area contributed by atoms with Gasteiger partial charge < -0.3 is 9.73 Å². The van der Waals surface area contributed by atoms with Crippen LogP contribution >= 0.6 is 23.1 Å². The number of carbonyl (C=O) groups is 1.